The monoisotopic (exact) mass is 399 g/mol. The lowest BCUT2D eigenvalue weighted by atomic mass is 9.75. The maximum atomic E-state index is 13.0. The van der Waals surface area contributed by atoms with Gasteiger partial charge in [0.2, 0.25) is 5.91 Å². The molecule has 3 saturated heterocycles. The molecule has 1 aromatic rings. The Labute approximate surface area is 173 Å². The normalized spacial score (nSPS) is 26.4. The third-order valence-corrected chi connectivity index (χ3v) is 7.28. The molecule has 0 aliphatic carbocycles. The standard InChI is InChI=1S/C23H33N3O3/c1-16(2)13-25-14-19-20(15-25)23(24(3)22(19)28)9-11-26(12-10-23)21(27)17-5-7-18(29-4)8-6-17/h5-8,16,19-20H,9-15H2,1-4H3/t19-,20+/m1/s1. The molecule has 2 amide bonds. The van der Waals surface area contributed by atoms with E-state index in [9.17, 15) is 9.59 Å². The Morgan fingerprint density at radius 2 is 1.83 bits per heavy atom. The van der Waals surface area contributed by atoms with E-state index in [4.69, 9.17) is 4.74 Å². The number of carbonyl (C=O) groups is 2. The molecule has 0 N–H and O–H groups in total. The summed E-state index contributed by atoms with van der Waals surface area (Å²) in [5.74, 6) is 2.25. The second kappa shape index (κ2) is 7.63. The fraction of sp³-hybridized carbons (Fsp3) is 0.652. The molecule has 29 heavy (non-hydrogen) atoms. The highest BCUT2D eigenvalue weighted by atomic mass is 16.5. The van der Waals surface area contributed by atoms with E-state index in [0.29, 0.717) is 36.4 Å². The smallest absolute Gasteiger partial charge is 0.253 e. The largest absolute Gasteiger partial charge is 0.497 e. The zero-order chi connectivity index (χ0) is 20.8. The van der Waals surface area contributed by atoms with Crippen LogP contribution in [0.4, 0.5) is 0 Å². The van der Waals surface area contributed by atoms with Gasteiger partial charge in [0.25, 0.3) is 5.91 Å². The van der Waals surface area contributed by atoms with Gasteiger partial charge in [-0.3, -0.25) is 9.59 Å². The molecule has 6 heteroatoms. The van der Waals surface area contributed by atoms with Gasteiger partial charge in [-0.25, -0.2) is 0 Å². The van der Waals surface area contributed by atoms with Crippen LogP contribution < -0.4 is 4.74 Å². The lowest BCUT2D eigenvalue weighted by molar-refractivity contribution is -0.133. The number of hydrogen-bond donors (Lipinski definition) is 0. The number of nitrogens with zero attached hydrogens (tertiary/aromatic N) is 3. The number of amides is 2. The number of ether oxygens (including phenoxy) is 1. The Morgan fingerprint density at radius 3 is 2.41 bits per heavy atom. The fourth-order valence-corrected chi connectivity index (χ4v) is 5.78. The van der Waals surface area contributed by atoms with Crippen molar-refractivity contribution in [1.29, 1.82) is 0 Å². The highest BCUT2D eigenvalue weighted by Crippen LogP contribution is 2.49. The molecular formula is C23H33N3O3. The van der Waals surface area contributed by atoms with Crippen LogP contribution >= 0.6 is 0 Å². The summed E-state index contributed by atoms with van der Waals surface area (Å²) in [5, 5.41) is 0. The molecule has 1 spiro atoms. The van der Waals surface area contributed by atoms with Gasteiger partial charge in [0, 0.05) is 51.3 Å². The van der Waals surface area contributed by atoms with E-state index < -0.39 is 0 Å². The van der Waals surface area contributed by atoms with Crippen molar-refractivity contribution in [2.75, 3.05) is 46.9 Å². The van der Waals surface area contributed by atoms with Crippen LogP contribution in [-0.2, 0) is 4.79 Å². The van der Waals surface area contributed by atoms with Crippen molar-refractivity contribution in [2.24, 2.45) is 17.8 Å². The van der Waals surface area contributed by atoms with Crippen LogP contribution in [0.15, 0.2) is 24.3 Å². The Hall–Kier alpha value is -2.08. The van der Waals surface area contributed by atoms with Crippen molar-refractivity contribution in [3.63, 3.8) is 0 Å². The third kappa shape index (κ3) is 3.41. The number of benzene rings is 1. The van der Waals surface area contributed by atoms with Crippen LogP contribution in [0.2, 0.25) is 0 Å². The summed E-state index contributed by atoms with van der Waals surface area (Å²) in [6, 6.07) is 7.31. The summed E-state index contributed by atoms with van der Waals surface area (Å²) in [7, 11) is 3.60. The summed E-state index contributed by atoms with van der Waals surface area (Å²) < 4.78 is 5.19. The number of rotatable bonds is 4. The molecule has 158 valence electrons. The second-order valence-corrected chi connectivity index (χ2v) is 9.35. The lowest BCUT2D eigenvalue weighted by Crippen LogP contribution is -2.56. The summed E-state index contributed by atoms with van der Waals surface area (Å²) in [6.45, 7) is 8.84. The van der Waals surface area contributed by atoms with Gasteiger partial charge >= 0.3 is 0 Å². The first kappa shape index (κ1) is 20.2. The predicted octanol–water partition coefficient (Wildman–Crippen LogP) is 2.35. The summed E-state index contributed by atoms with van der Waals surface area (Å²) in [6.07, 6.45) is 1.74. The van der Waals surface area contributed by atoms with E-state index in [-0.39, 0.29) is 17.4 Å². The van der Waals surface area contributed by atoms with Crippen LogP contribution in [-0.4, -0.2) is 78.9 Å². The zero-order valence-corrected chi connectivity index (χ0v) is 18.1. The lowest BCUT2D eigenvalue weighted by Gasteiger charge is -2.46. The highest BCUT2D eigenvalue weighted by Gasteiger charge is 2.60. The molecule has 0 unspecified atom stereocenters. The van der Waals surface area contributed by atoms with Gasteiger partial charge in [-0.05, 0) is 43.0 Å². The number of carbonyl (C=O) groups excluding carboxylic acids is 2. The molecule has 3 aliphatic heterocycles. The Bertz CT molecular complexity index is 768. The fourth-order valence-electron chi connectivity index (χ4n) is 5.78. The van der Waals surface area contributed by atoms with E-state index >= 15 is 0 Å². The van der Waals surface area contributed by atoms with Gasteiger partial charge < -0.3 is 19.4 Å². The van der Waals surface area contributed by atoms with Gasteiger partial charge in [-0.2, -0.15) is 0 Å². The SMILES string of the molecule is COc1ccc(C(=O)N2CCC3(CC2)[C@H]2CN(CC(C)C)C[C@H]2C(=O)N3C)cc1. The van der Waals surface area contributed by atoms with Crippen molar-refractivity contribution in [1.82, 2.24) is 14.7 Å². The van der Waals surface area contributed by atoms with E-state index in [0.717, 1.165) is 38.2 Å². The maximum Gasteiger partial charge on any atom is 0.253 e. The van der Waals surface area contributed by atoms with Gasteiger partial charge in [-0.1, -0.05) is 13.8 Å². The average Bonchev–Trinajstić information content (AvgIpc) is 3.22. The van der Waals surface area contributed by atoms with Gasteiger partial charge in [0.15, 0.2) is 0 Å². The van der Waals surface area contributed by atoms with Crippen LogP contribution in [0.25, 0.3) is 0 Å². The molecule has 1 aromatic carbocycles. The summed E-state index contributed by atoms with van der Waals surface area (Å²) in [5.41, 5.74) is 0.601. The number of methoxy groups -OCH3 is 1. The van der Waals surface area contributed by atoms with Crippen molar-refractivity contribution in [3.05, 3.63) is 29.8 Å². The average molecular weight is 400 g/mol. The van der Waals surface area contributed by atoms with Crippen molar-refractivity contribution in [3.8, 4) is 5.75 Å². The quantitative estimate of drug-likeness (QED) is 0.780. The number of piperidine rings is 1. The number of fused-ring (bicyclic) bond motifs is 2. The van der Waals surface area contributed by atoms with Gasteiger partial charge in [0.1, 0.15) is 5.75 Å². The molecule has 2 atom stereocenters. The summed E-state index contributed by atoms with van der Waals surface area (Å²) in [4.78, 5) is 32.4. The number of likely N-dealkylation sites (tertiary alicyclic amines) is 3. The minimum atomic E-state index is -0.0931. The highest BCUT2D eigenvalue weighted by molar-refractivity contribution is 5.94. The van der Waals surface area contributed by atoms with Crippen LogP contribution in [0.3, 0.4) is 0 Å². The van der Waals surface area contributed by atoms with Crippen LogP contribution in [0, 0.1) is 17.8 Å². The zero-order valence-electron chi connectivity index (χ0n) is 18.1. The van der Waals surface area contributed by atoms with E-state index in [1.54, 1.807) is 7.11 Å². The van der Waals surface area contributed by atoms with Gasteiger partial charge in [0.05, 0.1) is 18.6 Å². The van der Waals surface area contributed by atoms with Crippen LogP contribution in [0.1, 0.15) is 37.0 Å². The van der Waals surface area contributed by atoms with Gasteiger partial charge in [-0.15, -0.1) is 0 Å². The molecule has 0 saturated carbocycles. The second-order valence-electron chi connectivity index (χ2n) is 9.35. The molecule has 3 heterocycles. The van der Waals surface area contributed by atoms with E-state index in [2.05, 4.69) is 18.7 Å². The predicted molar refractivity (Wildman–Crippen MR) is 112 cm³/mol. The first-order valence-corrected chi connectivity index (χ1v) is 10.8. The molecule has 0 aromatic heterocycles. The van der Waals surface area contributed by atoms with E-state index in [1.807, 2.05) is 41.1 Å². The number of hydrogen-bond acceptors (Lipinski definition) is 4. The first-order valence-electron chi connectivity index (χ1n) is 10.8. The molecule has 4 rings (SSSR count). The molecule has 3 aliphatic rings. The Kier molecular flexibility index (Phi) is 5.32. The van der Waals surface area contributed by atoms with Crippen molar-refractivity contribution in [2.45, 2.75) is 32.2 Å². The molecule has 0 bridgehead atoms. The minimum Gasteiger partial charge on any atom is -0.497 e. The molecular weight excluding hydrogens is 366 g/mol. The minimum absolute atomic E-state index is 0.0684. The van der Waals surface area contributed by atoms with E-state index in [1.165, 1.54) is 0 Å². The van der Waals surface area contributed by atoms with Crippen molar-refractivity contribution >= 4 is 11.8 Å². The van der Waals surface area contributed by atoms with Crippen LogP contribution in [0.5, 0.6) is 5.75 Å². The first-order chi connectivity index (χ1) is 13.9. The Morgan fingerprint density at radius 1 is 1.17 bits per heavy atom. The molecule has 0 radical (unpaired) electrons. The van der Waals surface area contributed by atoms with Crippen molar-refractivity contribution < 1.29 is 14.3 Å². The summed E-state index contributed by atoms with van der Waals surface area (Å²) >= 11 is 0. The Balaban J connectivity index is 1.45. The molecule has 3 fully saturated rings. The molecule has 6 nitrogen and oxygen atoms in total. The third-order valence-electron chi connectivity index (χ3n) is 7.28. The maximum absolute atomic E-state index is 13.0. The topological polar surface area (TPSA) is 53.1 Å².